The van der Waals surface area contributed by atoms with Crippen molar-refractivity contribution in [3.05, 3.63) is 48.0 Å². The average Bonchev–Trinajstić information content (AvgIpc) is 3.37. The predicted molar refractivity (Wildman–Crippen MR) is 109 cm³/mol. The van der Waals surface area contributed by atoms with Gasteiger partial charge in [0.25, 0.3) is 0 Å². The molecule has 0 radical (unpaired) electrons. The number of imidazole rings is 1. The molecular formula is C21H24F2N6O2. The number of nitrogens with one attached hydrogen (secondary N) is 1. The number of aromatic nitrogens is 4. The highest BCUT2D eigenvalue weighted by atomic mass is 19.3. The van der Waals surface area contributed by atoms with Crippen molar-refractivity contribution < 1.29 is 18.4 Å². The molecule has 31 heavy (non-hydrogen) atoms. The van der Waals surface area contributed by atoms with Gasteiger partial charge in [-0.1, -0.05) is 12.1 Å². The molecule has 1 fully saturated rings. The van der Waals surface area contributed by atoms with Gasteiger partial charge in [-0.3, -0.25) is 18.8 Å². The zero-order valence-corrected chi connectivity index (χ0v) is 17.3. The van der Waals surface area contributed by atoms with Crippen molar-refractivity contribution in [1.82, 2.24) is 29.5 Å². The van der Waals surface area contributed by atoms with E-state index in [9.17, 15) is 18.4 Å². The average molecular weight is 430 g/mol. The molecule has 1 N–H and O–H groups in total. The molecule has 1 atom stereocenters. The van der Waals surface area contributed by atoms with Gasteiger partial charge < -0.3 is 10.2 Å². The monoisotopic (exact) mass is 430 g/mol. The molecule has 2 amide bonds. The van der Waals surface area contributed by atoms with Gasteiger partial charge in [0, 0.05) is 19.3 Å². The lowest BCUT2D eigenvalue weighted by Gasteiger charge is -2.31. The minimum atomic E-state index is -2.82. The molecule has 0 bridgehead atoms. The summed E-state index contributed by atoms with van der Waals surface area (Å²) >= 11 is 0. The van der Waals surface area contributed by atoms with E-state index < -0.39 is 24.4 Å². The normalized spacial score (nSPS) is 16.1. The number of para-hydroxylation sites is 2. The molecule has 1 unspecified atom stereocenters. The van der Waals surface area contributed by atoms with Crippen molar-refractivity contribution in [2.45, 2.75) is 45.3 Å². The minimum absolute atomic E-state index is 0.00473. The SMILES string of the molecule is Cc1cnn(C2CCN(C(=O)C(=O)NC(C)c3nc4ccccc4n3C(F)F)CC2)c1. The molecule has 1 saturated heterocycles. The number of aryl methyl sites for hydroxylation is 1. The third kappa shape index (κ3) is 4.14. The number of amides is 2. The van der Waals surface area contributed by atoms with Crippen molar-refractivity contribution in [2.75, 3.05) is 13.1 Å². The molecular weight excluding hydrogens is 406 g/mol. The first-order valence-electron chi connectivity index (χ1n) is 10.2. The Morgan fingerprint density at radius 2 is 1.90 bits per heavy atom. The van der Waals surface area contributed by atoms with Crippen LogP contribution in [-0.2, 0) is 9.59 Å². The molecule has 8 nitrogen and oxygen atoms in total. The number of carbonyl (C=O) groups excluding carboxylic acids is 2. The molecule has 1 aliphatic rings. The van der Waals surface area contributed by atoms with E-state index in [2.05, 4.69) is 15.4 Å². The van der Waals surface area contributed by atoms with Crippen LogP contribution in [0.4, 0.5) is 8.78 Å². The topological polar surface area (TPSA) is 85.1 Å². The van der Waals surface area contributed by atoms with Crippen molar-refractivity contribution in [2.24, 2.45) is 0 Å². The predicted octanol–water partition coefficient (Wildman–Crippen LogP) is 2.98. The van der Waals surface area contributed by atoms with Gasteiger partial charge in [0.05, 0.1) is 29.3 Å². The molecule has 3 heterocycles. The van der Waals surface area contributed by atoms with Crippen molar-refractivity contribution in [3.63, 3.8) is 0 Å². The Morgan fingerprint density at radius 3 is 2.55 bits per heavy atom. The standard InChI is InChI=1S/C21H24F2N6O2/c1-13-11-24-28(12-13)15-7-9-27(10-8-15)20(31)19(30)25-14(2)18-26-16-5-3-4-6-17(16)29(18)21(22)23/h3-6,11-12,14-15,21H,7-10H2,1-2H3,(H,25,30). The number of halogens is 2. The summed E-state index contributed by atoms with van der Waals surface area (Å²) in [7, 11) is 0. The van der Waals surface area contributed by atoms with Crippen LogP contribution in [-0.4, -0.2) is 49.1 Å². The van der Waals surface area contributed by atoms with E-state index in [4.69, 9.17) is 0 Å². The van der Waals surface area contributed by atoms with Crippen LogP contribution < -0.4 is 5.32 Å². The van der Waals surface area contributed by atoms with Crippen molar-refractivity contribution in [1.29, 1.82) is 0 Å². The Morgan fingerprint density at radius 1 is 1.19 bits per heavy atom. The van der Waals surface area contributed by atoms with E-state index in [0.717, 1.165) is 10.1 Å². The summed E-state index contributed by atoms with van der Waals surface area (Å²) in [5, 5.41) is 6.85. The number of likely N-dealkylation sites (tertiary alicyclic amines) is 1. The third-order valence-electron chi connectivity index (χ3n) is 5.60. The van der Waals surface area contributed by atoms with Crippen LogP contribution in [0.15, 0.2) is 36.7 Å². The molecule has 4 rings (SSSR count). The lowest BCUT2D eigenvalue weighted by Crippen LogP contribution is -2.47. The van der Waals surface area contributed by atoms with Crippen LogP contribution in [0, 0.1) is 6.92 Å². The number of benzene rings is 1. The quantitative estimate of drug-likeness (QED) is 0.645. The number of nitrogens with zero attached hydrogens (tertiary/aromatic N) is 5. The Hall–Kier alpha value is -3.30. The molecule has 10 heteroatoms. The van der Waals surface area contributed by atoms with Crippen LogP contribution >= 0.6 is 0 Å². The largest absolute Gasteiger partial charge is 0.338 e. The maximum absolute atomic E-state index is 13.6. The number of hydrogen-bond acceptors (Lipinski definition) is 4. The van der Waals surface area contributed by atoms with Gasteiger partial charge in [0.2, 0.25) is 0 Å². The second kappa shape index (κ2) is 8.44. The maximum Gasteiger partial charge on any atom is 0.320 e. The molecule has 1 aliphatic heterocycles. The first kappa shape index (κ1) is 21.0. The van der Waals surface area contributed by atoms with Crippen LogP contribution in [0.25, 0.3) is 11.0 Å². The lowest BCUT2D eigenvalue weighted by molar-refractivity contribution is -0.147. The first-order valence-corrected chi connectivity index (χ1v) is 10.2. The minimum Gasteiger partial charge on any atom is -0.338 e. The number of hydrogen-bond donors (Lipinski definition) is 1. The fraction of sp³-hybridized carbons (Fsp3) is 0.429. The summed E-state index contributed by atoms with van der Waals surface area (Å²) in [6.45, 7) is 1.55. The van der Waals surface area contributed by atoms with Gasteiger partial charge in [-0.25, -0.2) is 4.98 Å². The Bertz CT molecular complexity index is 1100. The van der Waals surface area contributed by atoms with Crippen LogP contribution in [0.2, 0.25) is 0 Å². The lowest BCUT2D eigenvalue weighted by atomic mass is 10.1. The van der Waals surface area contributed by atoms with E-state index >= 15 is 0 Å². The Balaban J connectivity index is 1.41. The molecule has 0 aliphatic carbocycles. The molecule has 0 saturated carbocycles. The van der Waals surface area contributed by atoms with Crippen molar-refractivity contribution >= 4 is 22.8 Å². The van der Waals surface area contributed by atoms with Crippen LogP contribution in [0.5, 0.6) is 0 Å². The fourth-order valence-corrected chi connectivity index (χ4v) is 4.01. The number of rotatable bonds is 4. The molecule has 2 aromatic heterocycles. The summed E-state index contributed by atoms with van der Waals surface area (Å²) in [5.74, 6) is -1.49. The highest BCUT2D eigenvalue weighted by Crippen LogP contribution is 2.27. The van der Waals surface area contributed by atoms with Gasteiger partial charge in [-0.05, 0) is 44.4 Å². The Labute approximate surface area is 177 Å². The van der Waals surface area contributed by atoms with Gasteiger partial charge in [0.15, 0.2) is 0 Å². The zero-order valence-electron chi connectivity index (χ0n) is 17.3. The number of piperidine rings is 1. The highest BCUT2D eigenvalue weighted by molar-refractivity contribution is 6.35. The Kier molecular flexibility index (Phi) is 5.71. The van der Waals surface area contributed by atoms with E-state index in [1.165, 1.54) is 11.8 Å². The summed E-state index contributed by atoms with van der Waals surface area (Å²) in [6, 6.07) is 5.85. The zero-order chi connectivity index (χ0) is 22.1. The first-order chi connectivity index (χ1) is 14.8. The van der Waals surface area contributed by atoms with Crippen molar-refractivity contribution in [3.8, 4) is 0 Å². The third-order valence-corrected chi connectivity index (χ3v) is 5.60. The van der Waals surface area contributed by atoms with E-state index in [1.54, 1.807) is 30.5 Å². The smallest absolute Gasteiger partial charge is 0.320 e. The summed E-state index contributed by atoms with van der Waals surface area (Å²) in [4.78, 5) is 30.9. The van der Waals surface area contributed by atoms with Crippen LogP contribution in [0.3, 0.4) is 0 Å². The number of fused-ring (bicyclic) bond motifs is 1. The van der Waals surface area contributed by atoms with E-state index in [-0.39, 0.29) is 17.4 Å². The number of carbonyl (C=O) groups is 2. The molecule has 164 valence electrons. The van der Waals surface area contributed by atoms with E-state index in [1.807, 2.05) is 17.8 Å². The second-order valence-corrected chi connectivity index (χ2v) is 7.82. The molecule has 1 aromatic carbocycles. The maximum atomic E-state index is 13.6. The highest BCUT2D eigenvalue weighted by Gasteiger charge is 2.30. The van der Waals surface area contributed by atoms with Gasteiger partial charge >= 0.3 is 18.4 Å². The summed E-state index contributed by atoms with van der Waals surface area (Å²) in [5.41, 5.74) is 1.75. The van der Waals surface area contributed by atoms with Crippen LogP contribution in [0.1, 0.15) is 49.8 Å². The summed E-state index contributed by atoms with van der Waals surface area (Å²) < 4.78 is 30.0. The molecule has 0 spiro atoms. The molecule has 3 aromatic rings. The van der Waals surface area contributed by atoms with Gasteiger partial charge in [0.1, 0.15) is 5.82 Å². The fourth-order valence-electron chi connectivity index (χ4n) is 4.01. The number of alkyl halides is 2. The summed E-state index contributed by atoms with van der Waals surface area (Å²) in [6.07, 6.45) is 5.14. The second-order valence-electron chi connectivity index (χ2n) is 7.82. The van der Waals surface area contributed by atoms with Gasteiger partial charge in [-0.2, -0.15) is 13.9 Å². The van der Waals surface area contributed by atoms with E-state index in [0.29, 0.717) is 31.4 Å². The van der Waals surface area contributed by atoms with Gasteiger partial charge in [-0.15, -0.1) is 0 Å².